The Morgan fingerprint density at radius 3 is 2.86 bits per heavy atom. The monoisotopic (exact) mass is 280 g/mol. The SMILES string of the molecule is N#Cc1cc(CN2CCCCc3ccccc32)ccc1F. The first-order chi connectivity index (χ1) is 10.3. The maximum atomic E-state index is 13.4. The summed E-state index contributed by atoms with van der Waals surface area (Å²) in [5, 5.41) is 8.95. The average molecular weight is 280 g/mol. The number of fused-ring (bicyclic) bond motifs is 1. The number of nitrogens with zero attached hydrogens (tertiary/aromatic N) is 2. The van der Waals surface area contributed by atoms with Gasteiger partial charge in [0.25, 0.3) is 0 Å². The van der Waals surface area contributed by atoms with E-state index in [0.29, 0.717) is 6.54 Å². The Hall–Kier alpha value is -2.34. The molecule has 0 unspecified atom stereocenters. The Morgan fingerprint density at radius 2 is 2.00 bits per heavy atom. The van der Waals surface area contributed by atoms with Crippen molar-refractivity contribution >= 4 is 5.69 Å². The molecule has 0 saturated heterocycles. The molecule has 106 valence electrons. The number of halogens is 1. The van der Waals surface area contributed by atoms with Crippen molar-refractivity contribution < 1.29 is 4.39 Å². The van der Waals surface area contributed by atoms with Crippen molar-refractivity contribution in [2.75, 3.05) is 11.4 Å². The van der Waals surface area contributed by atoms with Crippen molar-refractivity contribution in [1.29, 1.82) is 5.26 Å². The first kappa shape index (κ1) is 13.6. The van der Waals surface area contributed by atoms with Gasteiger partial charge in [-0.2, -0.15) is 5.26 Å². The maximum Gasteiger partial charge on any atom is 0.140 e. The van der Waals surface area contributed by atoms with Crippen LogP contribution >= 0.6 is 0 Å². The number of benzene rings is 2. The molecule has 1 heterocycles. The molecule has 0 bridgehead atoms. The molecule has 1 aliphatic heterocycles. The van der Waals surface area contributed by atoms with Crippen LogP contribution in [0.5, 0.6) is 0 Å². The zero-order valence-electron chi connectivity index (χ0n) is 11.8. The number of nitriles is 1. The third-order valence-electron chi connectivity index (χ3n) is 3.98. The summed E-state index contributed by atoms with van der Waals surface area (Å²) < 4.78 is 13.4. The Labute approximate surface area is 124 Å². The minimum atomic E-state index is -0.447. The summed E-state index contributed by atoms with van der Waals surface area (Å²) in [6.07, 6.45) is 3.46. The molecule has 0 radical (unpaired) electrons. The fraction of sp³-hybridized carbons (Fsp3) is 0.278. The van der Waals surface area contributed by atoms with E-state index < -0.39 is 5.82 Å². The lowest BCUT2D eigenvalue weighted by Gasteiger charge is -2.25. The summed E-state index contributed by atoms with van der Waals surface area (Å²) in [5.41, 5.74) is 3.73. The first-order valence-corrected chi connectivity index (χ1v) is 7.29. The van der Waals surface area contributed by atoms with Crippen molar-refractivity contribution in [3.8, 4) is 6.07 Å². The lowest BCUT2D eigenvalue weighted by atomic mass is 10.1. The van der Waals surface area contributed by atoms with E-state index in [9.17, 15) is 4.39 Å². The summed E-state index contributed by atoms with van der Waals surface area (Å²) >= 11 is 0. The van der Waals surface area contributed by atoms with Gasteiger partial charge in [-0.05, 0) is 48.6 Å². The molecule has 0 aliphatic carbocycles. The Bertz CT molecular complexity index is 688. The van der Waals surface area contributed by atoms with Gasteiger partial charge in [0.1, 0.15) is 11.9 Å². The fourth-order valence-electron chi connectivity index (χ4n) is 2.91. The van der Waals surface area contributed by atoms with Crippen LogP contribution in [0.3, 0.4) is 0 Å². The van der Waals surface area contributed by atoms with E-state index in [2.05, 4.69) is 29.2 Å². The summed E-state index contributed by atoms with van der Waals surface area (Å²) in [5.74, 6) is -0.447. The molecule has 0 spiro atoms. The molecule has 2 aromatic carbocycles. The molecule has 3 heteroatoms. The quantitative estimate of drug-likeness (QED) is 0.830. The van der Waals surface area contributed by atoms with E-state index in [-0.39, 0.29) is 5.56 Å². The topological polar surface area (TPSA) is 27.0 Å². The number of rotatable bonds is 2. The van der Waals surface area contributed by atoms with E-state index in [1.807, 2.05) is 6.07 Å². The molecule has 2 nitrogen and oxygen atoms in total. The normalized spacial score (nSPS) is 14.2. The summed E-state index contributed by atoms with van der Waals surface area (Å²) in [6.45, 7) is 1.71. The minimum Gasteiger partial charge on any atom is -0.367 e. The Morgan fingerprint density at radius 1 is 1.14 bits per heavy atom. The molecular weight excluding hydrogens is 263 g/mol. The second kappa shape index (κ2) is 5.97. The highest BCUT2D eigenvalue weighted by Gasteiger charge is 2.15. The predicted molar refractivity (Wildman–Crippen MR) is 81.5 cm³/mol. The lowest BCUT2D eigenvalue weighted by Crippen LogP contribution is -2.23. The number of para-hydroxylation sites is 1. The van der Waals surface area contributed by atoms with Crippen molar-refractivity contribution in [1.82, 2.24) is 0 Å². The summed E-state index contributed by atoms with van der Waals surface area (Å²) in [4.78, 5) is 2.33. The van der Waals surface area contributed by atoms with Gasteiger partial charge in [0, 0.05) is 18.8 Å². The van der Waals surface area contributed by atoms with E-state index in [4.69, 9.17) is 5.26 Å². The van der Waals surface area contributed by atoms with Gasteiger partial charge in [0.2, 0.25) is 0 Å². The standard InChI is InChI=1S/C18H17FN2/c19-17-9-8-14(11-16(17)12-20)13-21-10-4-3-6-15-5-1-2-7-18(15)21/h1-2,5,7-9,11H,3-4,6,10,13H2. The van der Waals surface area contributed by atoms with Crippen LogP contribution in [0.15, 0.2) is 42.5 Å². The molecule has 0 saturated carbocycles. The van der Waals surface area contributed by atoms with Crippen molar-refractivity contribution in [2.45, 2.75) is 25.8 Å². The second-order valence-corrected chi connectivity index (χ2v) is 5.43. The molecule has 1 aliphatic rings. The number of hydrogen-bond donors (Lipinski definition) is 0. The van der Waals surface area contributed by atoms with Gasteiger partial charge in [-0.3, -0.25) is 0 Å². The Balaban J connectivity index is 1.89. The number of hydrogen-bond acceptors (Lipinski definition) is 2. The molecule has 0 fully saturated rings. The van der Waals surface area contributed by atoms with Crippen LogP contribution in [-0.4, -0.2) is 6.54 Å². The van der Waals surface area contributed by atoms with Crippen LogP contribution in [0.2, 0.25) is 0 Å². The van der Waals surface area contributed by atoms with Gasteiger partial charge < -0.3 is 4.90 Å². The molecule has 21 heavy (non-hydrogen) atoms. The van der Waals surface area contributed by atoms with Crippen LogP contribution < -0.4 is 4.90 Å². The highest BCUT2D eigenvalue weighted by Crippen LogP contribution is 2.27. The zero-order chi connectivity index (χ0) is 14.7. The number of anilines is 1. The predicted octanol–water partition coefficient (Wildman–Crippen LogP) is 4.04. The van der Waals surface area contributed by atoms with Crippen LogP contribution in [0.25, 0.3) is 0 Å². The number of aryl methyl sites for hydroxylation is 1. The largest absolute Gasteiger partial charge is 0.367 e. The van der Waals surface area contributed by atoms with E-state index in [0.717, 1.165) is 24.9 Å². The lowest BCUT2D eigenvalue weighted by molar-refractivity contribution is 0.622. The highest BCUT2D eigenvalue weighted by molar-refractivity contribution is 5.55. The third kappa shape index (κ3) is 2.90. The van der Waals surface area contributed by atoms with Gasteiger partial charge in [-0.15, -0.1) is 0 Å². The van der Waals surface area contributed by atoms with Crippen molar-refractivity contribution in [2.24, 2.45) is 0 Å². The van der Waals surface area contributed by atoms with Crippen LogP contribution in [0.1, 0.15) is 29.5 Å². The third-order valence-corrected chi connectivity index (χ3v) is 3.98. The molecule has 2 aromatic rings. The summed E-state index contributed by atoms with van der Waals surface area (Å²) in [6, 6.07) is 15.2. The van der Waals surface area contributed by atoms with E-state index >= 15 is 0 Å². The van der Waals surface area contributed by atoms with Crippen LogP contribution in [0.4, 0.5) is 10.1 Å². The van der Waals surface area contributed by atoms with Gasteiger partial charge in [0.05, 0.1) is 5.56 Å². The van der Waals surface area contributed by atoms with Gasteiger partial charge in [0.15, 0.2) is 0 Å². The zero-order valence-corrected chi connectivity index (χ0v) is 11.8. The molecule has 0 atom stereocenters. The van der Waals surface area contributed by atoms with Crippen LogP contribution in [-0.2, 0) is 13.0 Å². The smallest absolute Gasteiger partial charge is 0.140 e. The Kier molecular flexibility index (Phi) is 3.87. The molecule has 0 amide bonds. The van der Waals surface area contributed by atoms with E-state index in [1.165, 1.54) is 23.7 Å². The first-order valence-electron chi connectivity index (χ1n) is 7.29. The highest BCUT2D eigenvalue weighted by atomic mass is 19.1. The molecule has 3 rings (SSSR count). The van der Waals surface area contributed by atoms with Gasteiger partial charge in [-0.25, -0.2) is 4.39 Å². The van der Waals surface area contributed by atoms with E-state index in [1.54, 1.807) is 12.1 Å². The average Bonchev–Trinajstić information content (AvgIpc) is 2.72. The van der Waals surface area contributed by atoms with Crippen LogP contribution in [0, 0.1) is 17.1 Å². The summed E-state index contributed by atoms with van der Waals surface area (Å²) in [7, 11) is 0. The molecule has 0 aromatic heterocycles. The fourth-order valence-corrected chi connectivity index (χ4v) is 2.91. The van der Waals surface area contributed by atoms with Gasteiger partial charge in [-0.1, -0.05) is 24.3 Å². The minimum absolute atomic E-state index is 0.121. The van der Waals surface area contributed by atoms with Crippen molar-refractivity contribution in [3.05, 3.63) is 65.0 Å². The maximum absolute atomic E-state index is 13.4. The van der Waals surface area contributed by atoms with Gasteiger partial charge >= 0.3 is 0 Å². The molecule has 0 N–H and O–H groups in total. The second-order valence-electron chi connectivity index (χ2n) is 5.43. The van der Waals surface area contributed by atoms with Crippen molar-refractivity contribution in [3.63, 3.8) is 0 Å². The molecular formula is C18H17FN2.